The van der Waals surface area contributed by atoms with E-state index in [9.17, 15) is 14.0 Å². The van der Waals surface area contributed by atoms with E-state index in [1.54, 1.807) is 28.1 Å². The Morgan fingerprint density at radius 3 is 2.58 bits per heavy atom. The normalized spacial score (nSPS) is 22.2. The monoisotopic (exact) mass is 653 g/mol. The van der Waals surface area contributed by atoms with Crippen LogP contribution < -0.4 is 10.9 Å². The highest BCUT2D eigenvalue weighted by atomic mass is 19.1. The third kappa shape index (κ3) is 6.74. The van der Waals surface area contributed by atoms with Gasteiger partial charge in [-0.25, -0.2) is 28.5 Å². The first-order valence-electron chi connectivity index (χ1n) is 17.0. The van der Waals surface area contributed by atoms with Crippen LogP contribution in [0.5, 0.6) is 0 Å². The Kier molecular flexibility index (Phi) is 9.30. The summed E-state index contributed by atoms with van der Waals surface area (Å²) in [5.41, 5.74) is 2.42. The maximum Gasteiger partial charge on any atom is 0.320 e. The molecule has 1 saturated carbocycles. The van der Waals surface area contributed by atoms with Gasteiger partial charge in [0.05, 0.1) is 23.8 Å². The second-order valence-corrected chi connectivity index (χ2v) is 13.6. The summed E-state index contributed by atoms with van der Waals surface area (Å²) in [6.45, 7) is 2.63. The Balaban J connectivity index is 1.08. The molecule has 1 spiro atoms. The van der Waals surface area contributed by atoms with Gasteiger partial charge in [0.2, 0.25) is 0 Å². The standard InChI is InChI=1S/C37H41F2N7O2/c38-28-8-9-32(39)31(18-28)34-19-29(41-21-30-10-15-40-24-42-30)12-17-46(34)36(48)44-16-11-27(37(23-44)13-4-5-14-37)22-45-25-43-33(20-35(45)47)26-6-2-1-3-7-26/h1-3,6-10,15,18,20,24-25,27,29,34,41H,4-5,11-14,16-17,19,21-23H2/t27-,29+,34-/m0/s1. The lowest BCUT2D eigenvalue weighted by Gasteiger charge is -2.49. The first-order valence-corrected chi connectivity index (χ1v) is 17.0. The molecule has 3 atom stereocenters. The molecule has 0 unspecified atom stereocenters. The van der Waals surface area contributed by atoms with Crippen molar-refractivity contribution in [2.75, 3.05) is 19.6 Å². The molecule has 0 radical (unpaired) electrons. The zero-order chi connectivity index (χ0) is 33.1. The number of aromatic nitrogens is 4. The third-order valence-electron chi connectivity index (χ3n) is 10.7. The molecule has 1 aliphatic carbocycles. The molecule has 11 heteroatoms. The van der Waals surface area contributed by atoms with Crippen LogP contribution in [0.2, 0.25) is 0 Å². The van der Waals surface area contributed by atoms with Crippen LogP contribution in [0, 0.1) is 23.0 Å². The van der Waals surface area contributed by atoms with E-state index in [2.05, 4.69) is 20.3 Å². The summed E-state index contributed by atoms with van der Waals surface area (Å²) in [7, 11) is 0. The van der Waals surface area contributed by atoms with Crippen LogP contribution in [0.3, 0.4) is 0 Å². The maximum absolute atomic E-state index is 15.3. The summed E-state index contributed by atoms with van der Waals surface area (Å²) in [6, 6.07) is 15.9. The van der Waals surface area contributed by atoms with Gasteiger partial charge < -0.3 is 15.1 Å². The molecule has 48 heavy (non-hydrogen) atoms. The number of urea groups is 1. The number of halogens is 2. The van der Waals surface area contributed by atoms with Gasteiger partial charge in [-0.2, -0.15) is 0 Å². The lowest BCUT2D eigenvalue weighted by molar-refractivity contribution is 0.0203. The van der Waals surface area contributed by atoms with Crippen LogP contribution in [0.1, 0.15) is 62.2 Å². The topological polar surface area (TPSA) is 96.2 Å². The largest absolute Gasteiger partial charge is 0.324 e. The van der Waals surface area contributed by atoms with Crippen LogP contribution in [-0.4, -0.2) is 61.0 Å². The van der Waals surface area contributed by atoms with Gasteiger partial charge in [0.15, 0.2) is 0 Å². The van der Waals surface area contributed by atoms with Crippen LogP contribution in [0.15, 0.2) is 84.3 Å². The van der Waals surface area contributed by atoms with E-state index in [0.717, 1.165) is 55.5 Å². The molecule has 7 rings (SSSR count). The number of carbonyl (C=O) groups is 1. The van der Waals surface area contributed by atoms with E-state index in [1.807, 2.05) is 41.3 Å². The van der Waals surface area contributed by atoms with Crippen molar-refractivity contribution >= 4 is 6.03 Å². The Hall–Kier alpha value is -4.51. The van der Waals surface area contributed by atoms with Crippen molar-refractivity contribution in [3.63, 3.8) is 0 Å². The lowest BCUT2D eigenvalue weighted by Crippen LogP contribution is -2.57. The van der Waals surface area contributed by atoms with E-state index in [1.165, 1.54) is 12.4 Å². The van der Waals surface area contributed by atoms with Crippen molar-refractivity contribution < 1.29 is 13.6 Å². The van der Waals surface area contributed by atoms with Crippen LogP contribution >= 0.6 is 0 Å². The molecule has 4 heterocycles. The van der Waals surface area contributed by atoms with Crippen molar-refractivity contribution in [1.29, 1.82) is 0 Å². The first-order chi connectivity index (χ1) is 23.4. The van der Waals surface area contributed by atoms with Gasteiger partial charge in [0.25, 0.3) is 5.56 Å². The smallest absolute Gasteiger partial charge is 0.320 e. The fourth-order valence-corrected chi connectivity index (χ4v) is 8.16. The fourth-order valence-electron chi connectivity index (χ4n) is 8.16. The van der Waals surface area contributed by atoms with Crippen LogP contribution in [-0.2, 0) is 13.1 Å². The minimum Gasteiger partial charge on any atom is -0.324 e. The molecule has 4 aromatic rings. The number of hydrogen-bond donors (Lipinski definition) is 1. The molecular weight excluding hydrogens is 612 g/mol. The number of likely N-dealkylation sites (tertiary alicyclic amines) is 2. The Morgan fingerprint density at radius 2 is 1.81 bits per heavy atom. The predicted octanol–water partition coefficient (Wildman–Crippen LogP) is 5.98. The fraction of sp³-hybridized carbons (Fsp3) is 0.432. The average Bonchev–Trinajstić information content (AvgIpc) is 3.59. The molecule has 1 N–H and O–H groups in total. The van der Waals surface area contributed by atoms with E-state index in [-0.39, 0.29) is 34.5 Å². The van der Waals surface area contributed by atoms with Crippen molar-refractivity contribution in [3.05, 3.63) is 113 Å². The number of benzene rings is 2. The number of nitrogens with zero attached hydrogens (tertiary/aromatic N) is 6. The molecule has 250 valence electrons. The second kappa shape index (κ2) is 13.9. The third-order valence-corrected chi connectivity index (χ3v) is 10.7. The number of piperidine rings is 2. The Bertz CT molecular complexity index is 1780. The molecule has 2 aromatic carbocycles. The highest BCUT2D eigenvalue weighted by molar-refractivity contribution is 5.75. The van der Waals surface area contributed by atoms with E-state index >= 15 is 4.39 Å². The number of hydrogen-bond acceptors (Lipinski definition) is 6. The first kappa shape index (κ1) is 32.1. The molecule has 2 aromatic heterocycles. The summed E-state index contributed by atoms with van der Waals surface area (Å²) >= 11 is 0. The summed E-state index contributed by atoms with van der Waals surface area (Å²) in [5, 5.41) is 3.51. The van der Waals surface area contributed by atoms with Gasteiger partial charge in [-0.15, -0.1) is 0 Å². The quantitative estimate of drug-likeness (QED) is 0.264. The summed E-state index contributed by atoms with van der Waals surface area (Å²) < 4.78 is 31.5. The molecule has 2 saturated heterocycles. The molecule has 3 fully saturated rings. The number of amides is 2. The number of rotatable bonds is 7. The molecule has 2 amide bonds. The van der Waals surface area contributed by atoms with Gasteiger partial charge in [-0.3, -0.25) is 9.36 Å². The molecule has 2 aliphatic heterocycles. The highest BCUT2D eigenvalue weighted by Gasteiger charge is 2.48. The minimum absolute atomic E-state index is 0.0104. The van der Waals surface area contributed by atoms with E-state index in [0.29, 0.717) is 51.3 Å². The maximum atomic E-state index is 15.3. The van der Waals surface area contributed by atoms with E-state index in [4.69, 9.17) is 0 Å². The summed E-state index contributed by atoms with van der Waals surface area (Å²) in [4.78, 5) is 44.1. The van der Waals surface area contributed by atoms with Crippen molar-refractivity contribution in [2.24, 2.45) is 11.3 Å². The van der Waals surface area contributed by atoms with E-state index < -0.39 is 17.7 Å². The predicted molar refractivity (Wildman–Crippen MR) is 178 cm³/mol. The van der Waals surface area contributed by atoms with Gasteiger partial charge in [0, 0.05) is 62.2 Å². The lowest BCUT2D eigenvalue weighted by atomic mass is 9.69. The van der Waals surface area contributed by atoms with Gasteiger partial charge in [0.1, 0.15) is 18.0 Å². The highest BCUT2D eigenvalue weighted by Crippen LogP contribution is 2.49. The van der Waals surface area contributed by atoms with Crippen LogP contribution in [0.25, 0.3) is 11.3 Å². The zero-order valence-corrected chi connectivity index (χ0v) is 27.0. The van der Waals surface area contributed by atoms with Crippen molar-refractivity contribution in [2.45, 2.75) is 70.1 Å². The Labute approximate surface area is 279 Å². The summed E-state index contributed by atoms with van der Waals surface area (Å²) in [5.74, 6) is -0.819. The number of carbonyl (C=O) groups excluding carboxylic acids is 1. The Morgan fingerprint density at radius 1 is 0.979 bits per heavy atom. The van der Waals surface area contributed by atoms with Gasteiger partial charge in [-0.1, -0.05) is 43.2 Å². The minimum atomic E-state index is -0.616. The molecular formula is C37H41F2N7O2. The molecule has 0 bridgehead atoms. The molecule has 9 nitrogen and oxygen atoms in total. The number of nitrogens with one attached hydrogen (secondary N) is 1. The van der Waals surface area contributed by atoms with Gasteiger partial charge in [-0.05, 0) is 67.7 Å². The van der Waals surface area contributed by atoms with Crippen LogP contribution in [0.4, 0.5) is 13.6 Å². The SMILES string of the molecule is O=C(N1CC[C@@H](Cn2cnc(-c3ccccc3)cc2=O)C2(CCCC2)C1)N1CC[C@@H](NCc2ccncn2)C[C@H]1c1cc(F)ccc1F. The second-order valence-electron chi connectivity index (χ2n) is 13.6. The summed E-state index contributed by atoms with van der Waals surface area (Å²) in [6.07, 6.45) is 10.9. The molecule has 3 aliphatic rings. The van der Waals surface area contributed by atoms with Crippen molar-refractivity contribution in [3.8, 4) is 11.3 Å². The zero-order valence-electron chi connectivity index (χ0n) is 27.0. The average molecular weight is 654 g/mol. The van der Waals surface area contributed by atoms with Crippen molar-refractivity contribution in [1.82, 2.24) is 34.6 Å². The van der Waals surface area contributed by atoms with Gasteiger partial charge >= 0.3 is 6.03 Å².